The molecule has 3 heteroatoms. The first-order valence-corrected chi connectivity index (χ1v) is 5.91. The molecule has 1 aromatic carbocycles. The van der Waals surface area contributed by atoms with Gasteiger partial charge in [-0.05, 0) is 25.0 Å². The molecule has 0 atom stereocenters. The number of carbonyl (C=O) groups excluding carboxylic acids is 1. The normalized spacial score (nSPS) is 10.6. The van der Waals surface area contributed by atoms with Crippen LogP contribution in [0.3, 0.4) is 0 Å². The summed E-state index contributed by atoms with van der Waals surface area (Å²) in [6.07, 6.45) is 0. The number of carbonyl (C=O) groups is 1. The largest absolute Gasteiger partial charge is 0.491 e. The van der Waals surface area contributed by atoms with E-state index in [0.717, 1.165) is 6.61 Å². The fourth-order valence-electron chi connectivity index (χ4n) is 1.34. The molecule has 0 aromatic heterocycles. The topological polar surface area (TPSA) is 35.5 Å². The Morgan fingerprint density at radius 3 is 2.71 bits per heavy atom. The van der Waals surface area contributed by atoms with E-state index in [-0.39, 0.29) is 5.78 Å². The molecule has 0 bridgehead atoms. The molecule has 0 amide bonds. The van der Waals surface area contributed by atoms with Crippen LogP contribution in [0, 0.1) is 5.92 Å². The second-order valence-electron chi connectivity index (χ2n) is 4.40. The summed E-state index contributed by atoms with van der Waals surface area (Å²) in [5, 5.41) is 0. The van der Waals surface area contributed by atoms with Gasteiger partial charge in [0, 0.05) is 12.2 Å². The van der Waals surface area contributed by atoms with Gasteiger partial charge in [-0.15, -0.1) is 0 Å². The lowest BCUT2D eigenvalue weighted by atomic mass is 10.1. The minimum Gasteiger partial charge on any atom is -0.491 e. The van der Waals surface area contributed by atoms with Gasteiger partial charge in [-0.25, -0.2) is 0 Å². The van der Waals surface area contributed by atoms with Crippen molar-refractivity contribution in [1.29, 1.82) is 0 Å². The van der Waals surface area contributed by atoms with Gasteiger partial charge in [0.05, 0.1) is 6.61 Å². The fraction of sp³-hybridized carbons (Fsp3) is 0.500. The molecule has 94 valence electrons. The van der Waals surface area contributed by atoms with Gasteiger partial charge in [0.2, 0.25) is 0 Å². The summed E-state index contributed by atoms with van der Waals surface area (Å²) >= 11 is 0. The van der Waals surface area contributed by atoms with E-state index >= 15 is 0 Å². The molecular weight excluding hydrogens is 216 g/mol. The Bertz CT molecular complexity index is 358. The minimum atomic E-state index is 0.0477. The summed E-state index contributed by atoms with van der Waals surface area (Å²) < 4.78 is 10.9. The summed E-state index contributed by atoms with van der Waals surface area (Å²) in [5.74, 6) is 1.30. The molecule has 0 saturated carbocycles. The van der Waals surface area contributed by atoms with Crippen LogP contribution in [0.2, 0.25) is 0 Å². The third-order valence-electron chi connectivity index (χ3n) is 2.19. The van der Waals surface area contributed by atoms with Crippen LogP contribution in [-0.2, 0) is 4.74 Å². The van der Waals surface area contributed by atoms with Crippen LogP contribution in [-0.4, -0.2) is 25.6 Å². The fourth-order valence-corrected chi connectivity index (χ4v) is 1.34. The summed E-state index contributed by atoms with van der Waals surface area (Å²) in [6.45, 7) is 7.59. The van der Waals surface area contributed by atoms with Gasteiger partial charge in [-0.2, -0.15) is 0 Å². The SMILES string of the molecule is CC(=O)c1cccc(OCCOCC(C)C)c1. The molecule has 0 spiro atoms. The highest BCUT2D eigenvalue weighted by molar-refractivity contribution is 5.94. The van der Waals surface area contributed by atoms with Crippen molar-refractivity contribution in [3.05, 3.63) is 29.8 Å². The number of Topliss-reactive ketones (excluding diaryl/α,β-unsaturated/α-hetero) is 1. The summed E-state index contributed by atoms with van der Waals surface area (Å²) in [5.41, 5.74) is 0.672. The zero-order valence-electron chi connectivity index (χ0n) is 10.7. The maximum Gasteiger partial charge on any atom is 0.159 e. The summed E-state index contributed by atoms with van der Waals surface area (Å²) in [6, 6.07) is 7.20. The Balaban J connectivity index is 2.31. The van der Waals surface area contributed by atoms with Gasteiger partial charge in [0.15, 0.2) is 5.78 Å². The first-order chi connectivity index (χ1) is 8.09. The third kappa shape index (κ3) is 5.50. The molecule has 0 aliphatic carbocycles. The Morgan fingerprint density at radius 1 is 1.29 bits per heavy atom. The molecule has 0 N–H and O–H groups in total. The smallest absolute Gasteiger partial charge is 0.159 e. The van der Waals surface area contributed by atoms with Crippen molar-refractivity contribution >= 4 is 5.78 Å². The molecule has 0 unspecified atom stereocenters. The van der Waals surface area contributed by atoms with Crippen molar-refractivity contribution < 1.29 is 14.3 Å². The van der Waals surface area contributed by atoms with Crippen molar-refractivity contribution in [3.63, 3.8) is 0 Å². The highest BCUT2D eigenvalue weighted by Gasteiger charge is 2.01. The van der Waals surface area contributed by atoms with Crippen LogP contribution in [0.1, 0.15) is 31.1 Å². The van der Waals surface area contributed by atoms with E-state index < -0.39 is 0 Å². The zero-order chi connectivity index (χ0) is 12.7. The lowest BCUT2D eigenvalue weighted by molar-refractivity contribution is 0.0818. The number of hydrogen-bond acceptors (Lipinski definition) is 3. The second-order valence-corrected chi connectivity index (χ2v) is 4.40. The maximum atomic E-state index is 11.2. The van der Waals surface area contributed by atoms with E-state index in [9.17, 15) is 4.79 Å². The van der Waals surface area contributed by atoms with E-state index in [1.54, 1.807) is 19.1 Å². The molecule has 0 aliphatic heterocycles. The first-order valence-electron chi connectivity index (χ1n) is 5.91. The Labute approximate surface area is 103 Å². The molecule has 1 aromatic rings. The third-order valence-corrected chi connectivity index (χ3v) is 2.19. The minimum absolute atomic E-state index is 0.0477. The standard InChI is InChI=1S/C14H20O3/c1-11(2)10-16-7-8-17-14-6-4-5-13(9-14)12(3)15/h4-6,9,11H,7-8,10H2,1-3H3. The Kier molecular flexibility index (Phi) is 5.70. The Morgan fingerprint density at radius 2 is 2.06 bits per heavy atom. The van der Waals surface area contributed by atoms with Crippen molar-refractivity contribution in [2.24, 2.45) is 5.92 Å². The first kappa shape index (κ1) is 13.7. The van der Waals surface area contributed by atoms with Gasteiger partial charge in [0.1, 0.15) is 12.4 Å². The number of hydrogen-bond donors (Lipinski definition) is 0. The zero-order valence-corrected chi connectivity index (χ0v) is 10.7. The quantitative estimate of drug-likeness (QED) is 0.539. The van der Waals surface area contributed by atoms with Gasteiger partial charge >= 0.3 is 0 Å². The lowest BCUT2D eigenvalue weighted by Gasteiger charge is -2.09. The van der Waals surface area contributed by atoms with Crippen LogP contribution in [0.5, 0.6) is 5.75 Å². The molecule has 17 heavy (non-hydrogen) atoms. The number of rotatable bonds is 7. The highest BCUT2D eigenvalue weighted by Crippen LogP contribution is 2.13. The number of ether oxygens (including phenoxy) is 2. The van der Waals surface area contributed by atoms with Gasteiger partial charge in [-0.3, -0.25) is 4.79 Å². The van der Waals surface area contributed by atoms with Crippen LogP contribution < -0.4 is 4.74 Å². The van der Waals surface area contributed by atoms with E-state index in [2.05, 4.69) is 13.8 Å². The van der Waals surface area contributed by atoms with Crippen molar-refractivity contribution in [1.82, 2.24) is 0 Å². The molecular formula is C14H20O3. The van der Waals surface area contributed by atoms with Gasteiger partial charge < -0.3 is 9.47 Å². The molecule has 0 heterocycles. The number of ketones is 1. The van der Waals surface area contributed by atoms with E-state index in [1.807, 2.05) is 12.1 Å². The molecule has 1 rings (SSSR count). The predicted octanol–water partition coefficient (Wildman–Crippen LogP) is 2.94. The lowest BCUT2D eigenvalue weighted by Crippen LogP contribution is -2.10. The molecule has 0 aliphatic rings. The predicted molar refractivity (Wildman–Crippen MR) is 67.6 cm³/mol. The van der Waals surface area contributed by atoms with Crippen LogP contribution in [0.25, 0.3) is 0 Å². The van der Waals surface area contributed by atoms with Crippen molar-refractivity contribution in [2.75, 3.05) is 19.8 Å². The summed E-state index contributed by atoms with van der Waals surface area (Å²) in [7, 11) is 0. The van der Waals surface area contributed by atoms with Crippen LogP contribution in [0.4, 0.5) is 0 Å². The second kappa shape index (κ2) is 7.07. The average molecular weight is 236 g/mol. The van der Waals surface area contributed by atoms with E-state index in [1.165, 1.54) is 0 Å². The van der Waals surface area contributed by atoms with Gasteiger partial charge in [-0.1, -0.05) is 26.0 Å². The van der Waals surface area contributed by atoms with Crippen LogP contribution >= 0.6 is 0 Å². The Hall–Kier alpha value is -1.35. The molecule has 3 nitrogen and oxygen atoms in total. The molecule has 0 saturated heterocycles. The highest BCUT2D eigenvalue weighted by atomic mass is 16.5. The monoisotopic (exact) mass is 236 g/mol. The summed E-state index contributed by atoms with van der Waals surface area (Å²) in [4.78, 5) is 11.2. The van der Waals surface area contributed by atoms with Crippen molar-refractivity contribution in [3.8, 4) is 5.75 Å². The maximum absolute atomic E-state index is 11.2. The molecule has 0 radical (unpaired) electrons. The number of benzene rings is 1. The van der Waals surface area contributed by atoms with E-state index in [4.69, 9.17) is 9.47 Å². The van der Waals surface area contributed by atoms with Crippen molar-refractivity contribution in [2.45, 2.75) is 20.8 Å². The van der Waals surface area contributed by atoms with Gasteiger partial charge in [0.25, 0.3) is 0 Å². The van der Waals surface area contributed by atoms with E-state index in [0.29, 0.717) is 30.4 Å². The van der Waals surface area contributed by atoms with Crippen LogP contribution in [0.15, 0.2) is 24.3 Å². The average Bonchev–Trinajstić information content (AvgIpc) is 2.28. The molecule has 0 fully saturated rings.